The van der Waals surface area contributed by atoms with Crippen molar-refractivity contribution in [2.45, 2.75) is 52.1 Å². The Kier molecular flexibility index (Phi) is 5.57. The van der Waals surface area contributed by atoms with Crippen molar-refractivity contribution in [2.24, 2.45) is 11.8 Å². The third-order valence-corrected chi connectivity index (χ3v) is 4.87. The molecule has 1 fully saturated rings. The van der Waals surface area contributed by atoms with Gasteiger partial charge in [0.15, 0.2) is 0 Å². The van der Waals surface area contributed by atoms with Crippen molar-refractivity contribution in [3.05, 3.63) is 29.8 Å². The Morgan fingerprint density at radius 2 is 2.05 bits per heavy atom. The lowest BCUT2D eigenvalue weighted by Crippen LogP contribution is -2.49. The average molecular weight is 299 g/mol. The van der Waals surface area contributed by atoms with Crippen LogP contribution in [0, 0.1) is 23.2 Å². The molecule has 0 heterocycles. The first-order chi connectivity index (χ1) is 10.5. The largest absolute Gasteiger partial charge is 0.324 e. The zero-order chi connectivity index (χ0) is 16.1. The highest BCUT2D eigenvalue weighted by Crippen LogP contribution is 2.29. The molecule has 2 rings (SSSR count). The highest BCUT2D eigenvalue weighted by molar-refractivity contribution is 5.95. The predicted octanol–water partition coefficient (Wildman–Crippen LogP) is 3.30. The zero-order valence-corrected chi connectivity index (χ0v) is 13.6. The number of rotatable bonds is 4. The lowest BCUT2D eigenvalue weighted by atomic mass is 9.78. The maximum absolute atomic E-state index is 12.4. The van der Waals surface area contributed by atoms with Gasteiger partial charge in [-0.2, -0.15) is 5.26 Å². The summed E-state index contributed by atoms with van der Waals surface area (Å²) >= 11 is 0. The van der Waals surface area contributed by atoms with E-state index in [2.05, 4.69) is 30.6 Å². The highest BCUT2D eigenvalue weighted by Gasteiger charge is 2.29. The van der Waals surface area contributed by atoms with Crippen molar-refractivity contribution < 1.29 is 4.79 Å². The number of carbonyl (C=O) groups excluding carboxylic acids is 1. The molecule has 1 aromatic rings. The molecule has 1 aliphatic carbocycles. The molecular weight excluding hydrogens is 274 g/mol. The summed E-state index contributed by atoms with van der Waals surface area (Å²) in [7, 11) is 0. The Morgan fingerprint density at radius 3 is 2.77 bits per heavy atom. The lowest BCUT2D eigenvalue weighted by Gasteiger charge is -2.36. The number of hydrogen-bond acceptors (Lipinski definition) is 3. The molecule has 0 bridgehead atoms. The normalized spacial score (nSPS) is 26.0. The molecule has 4 unspecified atom stereocenters. The maximum atomic E-state index is 12.4. The summed E-state index contributed by atoms with van der Waals surface area (Å²) in [5, 5.41) is 15.4. The molecule has 0 radical (unpaired) electrons. The third kappa shape index (κ3) is 3.86. The van der Waals surface area contributed by atoms with Gasteiger partial charge in [-0.15, -0.1) is 0 Å². The number of carbonyl (C=O) groups is 1. The first-order valence-corrected chi connectivity index (χ1v) is 8.09. The molecule has 0 aliphatic heterocycles. The van der Waals surface area contributed by atoms with Crippen LogP contribution in [0.15, 0.2) is 24.3 Å². The van der Waals surface area contributed by atoms with Crippen LogP contribution in [0.5, 0.6) is 0 Å². The van der Waals surface area contributed by atoms with E-state index >= 15 is 0 Å². The van der Waals surface area contributed by atoms with Gasteiger partial charge in [0.1, 0.15) is 6.07 Å². The van der Waals surface area contributed by atoms with Crippen LogP contribution in [0.4, 0.5) is 5.69 Å². The van der Waals surface area contributed by atoms with Crippen molar-refractivity contribution in [3.63, 3.8) is 0 Å². The maximum Gasteiger partial charge on any atom is 0.241 e. The molecule has 0 saturated heterocycles. The van der Waals surface area contributed by atoms with Crippen LogP contribution in [0.3, 0.4) is 0 Å². The molecular formula is C18H25N3O. The summed E-state index contributed by atoms with van der Waals surface area (Å²) in [4.78, 5) is 12.4. The SMILES string of the molecule is CC(NC1CCCC(C)C1C)C(=O)Nc1ccccc1C#N. The van der Waals surface area contributed by atoms with Crippen molar-refractivity contribution >= 4 is 11.6 Å². The van der Waals surface area contributed by atoms with Crippen LogP contribution in [-0.2, 0) is 4.79 Å². The quantitative estimate of drug-likeness (QED) is 0.896. The fourth-order valence-electron chi connectivity index (χ4n) is 3.14. The van der Waals surface area contributed by atoms with E-state index in [-0.39, 0.29) is 11.9 Å². The minimum atomic E-state index is -0.274. The standard InChI is InChI=1S/C18H25N3O/c1-12-7-6-10-16(13(12)2)20-14(3)18(22)21-17-9-5-4-8-15(17)11-19/h4-5,8-9,12-14,16,20H,6-7,10H2,1-3H3,(H,21,22). The number of anilines is 1. The van der Waals surface area contributed by atoms with Crippen LogP contribution >= 0.6 is 0 Å². The Bertz CT molecular complexity index is 564. The monoisotopic (exact) mass is 299 g/mol. The molecule has 1 amide bonds. The smallest absolute Gasteiger partial charge is 0.241 e. The lowest BCUT2D eigenvalue weighted by molar-refractivity contribution is -0.118. The Balaban J connectivity index is 1.96. The van der Waals surface area contributed by atoms with E-state index in [1.165, 1.54) is 12.8 Å². The molecule has 0 aromatic heterocycles. The van der Waals surface area contributed by atoms with Gasteiger partial charge in [-0.05, 0) is 37.3 Å². The highest BCUT2D eigenvalue weighted by atomic mass is 16.2. The van der Waals surface area contributed by atoms with Crippen molar-refractivity contribution in [2.75, 3.05) is 5.32 Å². The minimum Gasteiger partial charge on any atom is -0.324 e. The van der Waals surface area contributed by atoms with Gasteiger partial charge in [0, 0.05) is 6.04 Å². The first kappa shape index (κ1) is 16.5. The van der Waals surface area contributed by atoms with Gasteiger partial charge in [0.2, 0.25) is 5.91 Å². The second-order valence-electron chi connectivity index (χ2n) is 6.41. The molecule has 0 spiro atoms. The predicted molar refractivity (Wildman–Crippen MR) is 88.4 cm³/mol. The zero-order valence-electron chi connectivity index (χ0n) is 13.6. The van der Waals surface area contributed by atoms with Gasteiger partial charge in [-0.1, -0.05) is 38.8 Å². The minimum absolute atomic E-state index is 0.0897. The first-order valence-electron chi connectivity index (χ1n) is 8.09. The van der Waals surface area contributed by atoms with Crippen molar-refractivity contribution in [3.8, 4) is 6.07 Å². The van der Waals surface area contributed by atoms with Gasteiger partial charge in [0.25, 0.3) is 0 Å². The number of hydrogen-bond donors (Lipinski definition) is 2. The van der Waals surface area contributed by atoms with Gasteiger partial charge in [0.05, 0.1) is 17.3 Å². The van der Waals surface area contributed by atoms with Gasteiger partial charge < -0.3 is 10.6 Å². The number of para-hydroxylation sites is 1. The molecule has 4 heteroatoms. The molecule has 2 N–H and O–H groups in total. The number of nitrogens with zero attached hydrogens (tertiary/aromatic N) is 1. The Hall–Kier alpha value is -1.86. The Labute approximate surface area is 132 Å². The summed E-state index contributed by atoms with van der Waals surface area (Å²) in [5.74, 6) is 1.18. The number of benzene rings is 1. The molecule has 1 aromatic carbocycles. The second-order valence-corrected chi connectivity index (χ2v) is 6.41. The summed E-state index contributed by atoms with van der Waals surface area (Å²) in [5.41, 5.74) is 1.07. The summed E-state index contributed by atoms with van der Waals surface area (Å²) in [6.45, 7) is 6.43. The van der Waals surface area contributed by atoms with E-state index in [1.807, 2.05) is 13.0 Å². The number of amides is 1. The van der Waals surface area contributed by atoms with Crippen LogP contribution in [0.25, 0.3) is 0 Å². The molecule has 1 saturated carbocycles. The van der Waals surface area contributed by atoms with Crippen molar-refractivity contribution in [1.29, 1.82) is 5.26 Å². The van der Waals surface area contributed by atoms with Crippen LogP contribution < -0.4 is 10.6 Å². The molecule has 1 aliphatic rings. The van der Waals surface area contributed by atoms with E-state index < -0.39 is 0 Å². The van der Waals surface area contributed by atoms with E-state index in [0.717, 1.165) is 6.42 Å². The molecule has 4 atom stereocenters. The average Bonchev–Trinajstić information content (AvgIpc) is 2.52. The number of nitriles is 1. The van der Waals surface area contributed by atoms with Gasteiger partial charge in [-0.25, -0.2) is 0 Å². The van der Waals surface area contributed by atoms with E-state index in [1.54, 1.807) is 18.2 Å². The molecule has 118 valence electrons. The van der Waals surface area contributed by atoms with E-state index in [9.17, 15) is 4.79 Å². The van der Waals surface area contributed by atoms with Crippen LogP contribution in [0.2, 0.25) is 0 Å². The van der Waals surface area contributed by atoms with Gasteiger partial charge in [-0.3, -0.25) is 4.79 Å². The summed E-state index contributed by atoms with van der Waals surface area (Å²) < 4.78 is 0. The molecule has 4 nitrogen and oxygen atoms in total. The summed E-state index contributed by atoms with van der Waals surface area (Å²) in [6.07, 6.45) is 3.61. The fraction of sp³-hybridized carbons (Fsp3) is 0.556. The third-order valence-electron chi connectivity index (χ3n) is 4.87. The summed E-state index contributed by atoms with van der Waals surface area (Å²) in [6, 6.07) is 9.29. The number of nitrogens with one attached hydrogen (secondary N) is 2. The molecule has 22 heavy (non-hydrogen) atoms. The van der Waals surface area contributed by atoms with E-state index in [0.29, 0.717) is 29.1 Å². The van der Waals surface area contributed by atoms with Crippen LogP contribution in [0.1, 0.15) is 45.6 Å². The van der Waals surface area contributed by atoms with Crippen molar-refractivity contribution in [1.82, 2.24) is 5.32 Å². The second kappa shape index (κ2) is 7.42. The van der Waals surface area contributed by atoms with E-state index in [4.69, 9.17) is 5.26 Å². The topological polar surface area (TPSA) is 64.9 Å². The fourth-order valence-corrected chi connectivity index (χ4v) is 3.14. The van der Waals surface area contributed by atoms with Gasteiger partial charge >= 0.3 is 0 Å². The van der Waals surface area contributed by atoms with Crippen LogP contribution in [-0.4, -0.2) is 18.0 Å². The Morgan fingerprint density at radius 1 is 1.32 bits per heavy atom.